The van der Waals surface area contributed by atoms with E-state index < -0.39 is 6.10 Å². The zero-order chi connectivity index (χ0) is 15.2. The van der Waals surface area contributed by atoms with Gasteiger partial charge in [-0.05, 0) is 19.1 Å². The van der Waals surface area contributed by atoms with E-state index in [1.54, 1.807) is 19.1 Å². The second-order valence-electron chi connectivity index (χ2n) is 5.11. The third kappa shape index (κ3) is 4.22. The molecule has 1 aliphatic heterocycles. The smallest absolute Gasteiger partial charge is 0.263 e. The fourth-order valence-electron chi connectivity index (χ4n) is 2.37. The van der Waals surface area contributed by atoms with Gasteiger partial charge in [0.25, 0.3) is 5.91 Å². The summed E-state index contributed by atoms with van der Waals surface area (Å²) in [5.41, 5.74) is 0. The van der Waals surface area contributed by atoms with Gasteiger partial charge in [-0.1, -0.05) is 29.8 Å². The summed E-state index contributed by atoms with van der Waals surface area (Å²) >= 11 is 6.05. The van der Waals surface area contributed by atoms with Gasteiger partial charge in [-0.15, -0.1) is 6.58 Å². The van der Waals surface area contributed by atoms with Crippen LogP contribution in [0.3, 0.4) is 0 Å². The molecule has 1 aromatic carbocycles. The first-order valence-corrected chi connectivity index (χ1v) is 7.53. The van der Waals surface area contributed by atoms with Gasteiger partial charge in [0.15, 0.2) is 6.10 Å². The summed E-state index contributed by atoms with van der Waals surface area (Å²) in [6.07, 6.45) is 1.36. The number of benzene rings is 1. The Morgan fingerprint density at radius 2 is 2.05 bits per heavy atom. The van der Waals surface area contributed by atoms with Crippen LogP contribution in [0.1, 0.15) is 6.92 Å². The van der Waals surface area contributed by atoms with Crippen molar-refractivity contribution in [2.45, 2.75) is 13.0 Å². The van der Waals surface area contributed by atoms with Gasteiger partial charge in [0.1, 0.15) is 5.75 Å². The summed E-state index contributed by atoms with van der Waals surface area (Å²) in [4.78, 5) is 16.5. The van der Waals surface area contributed by atoms with Crippen LogP contribution in [0.25, 0.3) is 0 Å². The van der Waals surface area contributed by atoms with Crippen molar-refractivity contribution in [1.82, 2.24) is 9.80 Å². The molecule has 4 nitrogen and oxygen atoms in total. The van der Waals surface area contributed by atoms with Crippen LogP contribution in [0, 0.1) is 0 Å². The van der Waals surface area contributed by atoms with Gasteiger partial charge in [-0.2, -0.15) is 0 Å². The van der Waals surface area contributed by atoms with Crippen LogP contribution < -0.4 is 4.74 Å². The Morgan fingerprint density at radius 1 is 1.38 bits per heavy atom. The number of hydrogen-bond donors (Lipinski definition) is 0. The SMILES string of the molecule is C=CCN1CCN(C(=O)C(C)Oc2ccccc2Cl)CC1. The fourth-order valence-corrected chi connectivity index (χ4v) is 2.55. The van der Waals surface area contributed by atoms with E-state index in [0.717, 1.165) is 32.7 Å². The maximum atomic E-state index is 12.4. The summed E-state index contributed by atoms with van der Waals surface area (Å²) in [5.74, 6) is 0.554. The highest BCUT2D eigenvalue weighted by molar-refractivity contribution is 6.32. The van der Waals surface area contributed by atoms with Crippen molar-refractivity contribution >= 4 is 17.5 Å². The van der Waals surface area contributed by atoms with Crippen molar-refractivity contribution in [2.75, 3.05) is 32.7 Å². The quantitative estimate of drug-likeness (QED) is 0.783. The fraction of sp³-hybridized carbons (Fsp3) is 0.438. The molecule has 0 aliphatic carbocycles. The molecular weight excluding hydrogens is 288 g/mol. The lowest BCUT2D eigenvalue weighted by Crippen LogP contribution is -2.51. The van der Waals surface area contributed by atoms with Crippen molar-refractivity contribution in [1.29, 1.82) is 0 Å². The lowest BCUT2D eigenvalue weighted by atomic mass is 10.2. The molecule has 0 spiro atoms. The Balaban J connectivity index is 1.88. The average molecular weight is 309 g/mol. The van der Waals surface area contributed by atoms with E-state index in [-0.39, 0.29) is 5.91 Å². The van der Waals surface area contributed by atoms with E-state index in [1.165, 1.54) is 0 Å². The van der Waals surface area contributed by atoms with Crippen molar-refractivity contribution in [3.63, 3.8) is 0 Å². The van der Waals surface area contributed by atoms with Gasteiger partial charge < -0.3 is 9.64 Å². The molecule has 1 unspecified atom stereocenters. The maximum Gasteiger partial charge on any atom is 0.263 e. The molecule has 1 heterocycles. The number of carbonyl (C=O) groups is 1. The van der Waals surface area contributed by atoms with Gasteiger partial charge in [-0.25, -0.2) is 0 Å². The Bertz CT molecular complexity index is 499. The monoisotopic (exact) mass is 308 g/mol. The third-order valence-corrected chi connectivity index (χ3v) is 3.87. The second-order valence-corrected chi connectivity index (χ2v) is 5.51. The lowest BCUT2D eigenvalue weighted by Gasteiger charge is -2.35. The number of ether oxygens (including phenoxy) is 1. The normalized spacial score (nSPS) is 17.3. The molecule has 1 amide bonds. The van der Waals surface area contributed by atoms with Crippen molar-refractivity contribution in [3.05, 3.63) is 41.9 Å². The van der Waals surface area contributed by atoms with Crippen LogP contribution in [-0.2, 0) is 4.79 Å². The van der Waals surface area contributed by atoms with E-state index in [0.29, 0.717) is 10.8 Å². The number of halogens is 1. The van der Waals surface area contributed by atoms with Gasteiger partial charge >= 0.3 is 0 Å². The summed E-state index contributed by atoms with van der Waals surface area (Å²) in [6, 6.07) is 7.20. The lowest BCUT2D eigenvalue weighted by molar-refractivity contribution is -0.139. The van der Waals surface area contributed by atoms with Gasteiger partial charge in [0, 0.05) is 32.7 Å². The van der Waals surface area contributed by atoms with E-state index >= 15 is 0 Å². The first-order chi connectivity index (χ1) is 10.1. The predicted molar refractivity (Wildman–Crippen MR) is 84.8 cm³/mol. The molecule has 1 fully saturated rings. The number of rotatable bonds is 5. The molecule has 1 atom stereocenters. The number of para-hydroxylation sites is 1. The van der Waals surface area contributed by atoms with Crippen LogP contribution in [0.15, 0.2) is 36.9 Å². The van der Waals surface area contributed by atoms with Crippen LogP contribution >= 0.6 is 11.6 Å². The summed E-state index contributed by atoms with van der Waals surface area (Å²) < 4.78 is 5.68. The van der Waals surface area contributed by atoms with Crippen LogP contribution in [0.5, 0.6) is 5.75 Å². The second kappa shape index (κ2) is 7.48. The minimum Gasteiger partial charge on any atom is -0.479 e. The molecule has 2 rings (SSSR count). The van der Waals surface area contributed by atoms with Crippen molar-refractivity contribution in [2.24, 2.45) is 0 Å². The topological polar surface area (TPSA) is 32.8 Å². The van der Waals surface area contributed by atoms with E-state index in [4.69, 9.17) is 16.3 Å². The highest BCUT2D eigenvalue weighted by Gasteiger charge is 2.25. The molecule has 0 N–H and O–H groups in total. The largest absolute Gasteiger partial charge is 0.479 e. The molecule has 5 heteroatoms. The van der Waals surface area contributed by atoms with E-state index in [2.05, 4.69) is 11.5 Å². The first kappa shape index (κ1) is 15.9. The highest BCUT2D eigenvalue weighted by atomic mass is 35.5. The number of piperazine rings is 1. The molecule has 1 saturated heterocycles. The van der Waals surface area contributed by atoms with E-state index in [1.807, 2.05) is 23.1 Å². The Morgan fingerprint density at radius 3 is 2.67 bits per heavy atom. The van der Waals surface area contributed by atoms with Crippen LogP contribution in [0.4, 0.5) is 0 Å². The molecule has 0 saturated carbocycles. The van der Waals surface area contributed by atoms with Crippen molar-refractivity contribution < 1.29 is 9.53 Å². The average Bonchev–Trinajstić information content (AvgIpc) is 2.50. The van der Waals surface area contributed by atoms with Gasteiger partial charge in [-0.3, -0.25) is 9.69 Å². The molecule has 0 radical (unpaired) electrons. The molecule has 1 aromatic rings. The third-order valence-electron chi connectivity index (χ3n) is 3.56. The zero-order valence-corrected chi connectivity index (χ0v) is 13.1. The van der Waals surface area contributed by atoms with Crippen LogP contribution in [0.2, 0.25) is 5.02 Å². The Hall–Kier alpha value is -1.52. The van der Waals surface area contributed by atoms with E-state index in [9.17, 15) is 4.79 Å². The molecule has 114 valence electrons. The summed E-state index contributed by atoms with van der Waals surface area (Å²) in [7, 11) is 0. The molecule has 1 aliphatic rings. The zero-order valence-electron chi connectivity index (χ0n) is 12.3. The number of amides is 1. The molecule has 21 heavy (non-hydrogen) atoms. The Kier molecular flexibility index (Phi) is 5.65. The van der Waals surface area contributed by atoms with Crippen molar-refractivity contribution in [3.8, 4) is 5.75 Å². The molecule has 0 bridgehead atoms. The summed E-state index contributed by atoms with van der Waals surface area (Å²) in [6.45, 7) is 9.57. The summed E-state index contributed by atoms with van der Waals surface area (Å²) in [5, 5.41) is 0.521. The predicted octanol–water partition coefficient (Wildman–Crippen LogP) is 2.44. The van der Waals surface area contributed by atoms with Crippen LogP contribution in [-0.4, -0.2) is 54.5 Å². The number of nitrogens with zero attached hydrogens (tertiary/aromatic N) is 2. The molecule has 0 aromatic heterocycles. The number of carbonyl (C=O) groups excluding carboxylic acids is 1. The van der Waals surface area contributed by atoms with Gasteiger partial charge in [0.05, 0.1) is 5.02 Å². The number of hydrogen-bond acceptors (Lipinski definition) is 3. The minimum absolute atomic E-state index is 0.00757. The molecular formula is C16H21ClN2O2. The maximum absolute atomic E-state index is 12.4. The highest BCUT2D eigenvalue weighted by Crippen LogP contribution is 2.24. The van der Waals surface area contributed by atoms with Gasteiger partial charge in [0.2, 0.25) is 0 Å². The Labute approximate surface area is 130 Å². The first-order valence-electron chi connectivity index (χ1n) is 7.15. The minimum atomic E-state index is -0.532. The standard InChI is InChI=1S/C16H21ClN2O2/c1-3-8-18-9-11-19(12-10-18)16(20)13(2)21-15-7-5-4-6-14(15)17/h3-7,13H,1,8-12H2,2H3.